The lowest BCUT2D eigenvalue weighted by atomic mass is 9.82. The lowest BCUT2D eigenvalue weighted by molar-refractivity contribution is 0.133. The topological polar surface area (TPSA) is 53.3 Å². The molecule has 3 aliphatic rings. The van der Waals surface area contributed by atoms with Crippen LogP contribution < -0.4 is 5.32 Å². The van der Waals surface area contributed by atoms with Crippen LogP contribution in [0.25, 0.3) is 16.8 Å². The van der Waals surface area contributed by atoms with E-state index in [0.29, 0.717) is 22.1 Å². The molecule has 0 spiro atoms. The SMILES string of the molecule is C=C(Nc1cccc(-c2ccccc2Cl)c1Cl)c1nc2c(n1C)CCN(CC13CCC(CO)(CC1)C3)C2. The summed E-state index contributed by atoms with van der Waals surface area (Å²) < 4.78 is 2.17. The number of halogens is 2. The molecule has 37 heavy (non-hydrogen) atoms. The summed E-state index contributed by atoms with van der Waals surface area (Å²) in [7, 11) is 2.08. The molecule has 3 aromatic rings. The zero-order valence-corrected chi connectivity index (χ0v) is 22.9. The summed E-state index contributed by atoms with van der Waals surface area (Å²) in [5, 5.41) is 14.6. The third-order valence-electron chi connectivity index (χ3n) is 9.07. The zero-order chi connectivity index (χ0) is 25.8. The van der Waals surface area contributed by atoms with Crippen LogP contribution in [0.15, 0.2) is 49.0 Å². The Kier molecular flexibility index (Phi) is 6.39. The first-order valence-electron chi connectivity index (χ1n) is 13.2. The molecule has 2 saturated carbocycles. The molecule has 2 fully saturated rings. The van der Waals surface area contributed by atoms with Crippen LogP contribution >= 0.6 is 23.2 Å². The fraction of sp³-hybridized carbons (Fsp3) is 0.433. The minimum atomic E-state index is 0.201. The van der Waals surface area contributed by atoms with Crippen LogP contribution in [0.1, 0.15) is 49.3 Å². The lowest BCUT2D eigenvalue weighted by Gasteiger charge is -2.35. The Morgan fingerprint density at radius 2 is 1.78 bits per heavy atom. The van der Waals surface area contributed by atoms with Crippen molar-refractivity contribution in [3.05, 3.63) is 76.3 Å². The summed E-state index contributed by atoms with van der Waals surface area (Å²) in [6.45, 7) is 7.70. The van der Waals surface area contributed by atoms with E-state index in [1.807, 2.05) is 42.5 Å². The van der Waals surface area contributed by atoms with Crippen molar-refractivity contribution in [1.82, 2.24) is 14.5 Å². The minimum absolute atomic E-state index is 0.201. The molecular weight excluding hydrogens is 503 g/mol. The predicted molar refractivity (Wildman–Crippen MR) is 152 cm³/mol. The Morgan fingerprint density at radius 1 is 1.05 bits per heavy atom. The maximum Gasteiger partial charge on any atom is 0.156 e. The standard InChI is InChI=1S/C30H34Cl2N4O/c1-20(33-24-9-5-7-22(27(24)32)21-6-3-4-8-23(21)31)28-34-25-16-36(15-10-26(25)35(28)2)18-29-11-13-30(17-29,19-37)14-12-29/h3-9,33,37H,1,10-19H2,2H3. The van der Waals surface area contributed by atoms with Crippen molar-refractivity contribution in [3.63, 3.8) is 0 Å². The van der Waals surface area contributed by atoms with Crippen LogP contribution in [0.3, 0.4) is 0 Å². The molecule has 194 valence electrons. The molecule has 2 N–H and O–H groups in total. The van der Waals surface area contributed by atoms with Gasteiger partial charge in [-0.05, 0) is 55.1 Å². The first-order chi connectivity index (χ1) is 17.8. The number of fused-ring (bicyclic) bond motifs is 3. The van der Waals surface area contributed by atoms with E-state index < -0.39 is 0 Å². The molecule has 2 heterocycles. The van der Waals surface area contributed by atoms with Gasteiger partial charge in [0.05, 0.1) is 22.1 Å². The van der Waals surface area contributed by atoms with Gasteiger partial charge < -0.3 is 15.0 Å². The van der Waals surface area contributed by atoms with Gasteiger partial charge in [0.2, 0.25) is 0 Å². The average molecular weight is 538 g/mol. The molecule has 2 aliphatic carbocycles. The molecule has 6 rings (SSSR count). The van der Waals surface area contributed by atoms with E-state index >= 15 is 0 Å². The van der Waals surface area contributed by atoms with E-state index in [1.165, 1.54) is 37.8 Å². The first kappa shape index (κ1) is 25.0. The van der Waals surface area contributed by atoms with E-state index in [1.54, 1.807) is 0 Å². The Balaban J connectivity index is 1.19. The van der Waals surface area contributed by atoms with Crippen molar-refractivity contribution >= 4 is 34.6 Å². The molecular formula is C30H34Cl2N4O. The van der Waals surface area contributed by atoms with E-state index in [2.05, 4.69) is 28.4 Å². The lowest BCUT2D eigenvalue weighted by Crippen LogP contribution is -2.39. The third-order valence-corrected chi connectivity index (χ3v) is 9.81. The summed E-state index contributed by atoms with van der Waals surface area (Å²) in [6, 6.07) is 13.6. The number of nitrogens with zero attached hydrogens (tertiary/aromatic N) is 3. The van der Waals surface area contributed by atoms with Crippen molar-refractivity contribution in [2.24, 2.45) is 17.9 Å². The van der Waals surface area contributed by atoms with Gasteiger partial charge in [0.15, 0.2) is 5.82 Å². The van der Waals surface area contributed by atoms with Gasteiger partial charge in [-0.15, -0.1) is 0 Å². The summed E-state index contributed by atoms with van der Waals surface area (Å²) in [4.78, 5) is 7.62. The number of hydrogen-bond donors (Lipinski definition) is 2. The summed E-state index contributed by atoms with van der Waals surface area (Å²) in [6.07, 6.45) is 7.03. The van der Waals surface area contributed by atoms with Crippen LogP contribution in [0.4, 0.5) is 5.69 Å². The molecule has 1 aliphatic heterocycles. The van der Waals surface area contributed by atoms with Crippen LogP contribution in [0, 0.1) is 10.8 Å². The van der Waals surface area contributed by atoms with Gasteiger partial charge in [0, 0.05) is 61.6 Å². The third kappa shape index (κ3) is 4.40. The number of aliphatic hydroxyl groups excluding tert-OH is 1. The number of anilines is 1. The molecule has 5 nitrogen and oxygen atoms in total. The fourth-order valence-electron chi connectivity index (χ4n) is 7.08. The number of hydrogen-bond acceptors (Lipinski definition) is 4. The highest BCUT2D eigenvalue weighted by molar-refractivity contribution is 6.38. The molecule has 7 heteroatoms. The maximum atomic E-state index is 9.93. The van der Waals surface area contributed by atoms with E-state index in [4.69, 9.17) is 28.2 Å². The molecule has 2 aromatic carbocycles. The summed E-state index contributed by atoms with van der Waals surface area (Å²) in [5.74, 6) is 0.838. The van der Waals surface area contributed by atoms with Crippen LogP contribution in [0.5, 0.6) is 0 Å². The van der Waals surface area contributed by atoms with E-state index in [0.717, 1.165) is 60.1 Å². The summed E-state index contributed by atoms with van der Waals surface area (Å²) >= 11 is 13.3. The number of aromatic nitrogens is 2. The van der Waals surface area contributed by atoms with E-state index in [-0.39, 0.29) is 5.41 Å². The Labute approximate surface area is 229 Å². The van der Waals surface area contributed by atoms with Crippen molar-refractivity contribution in [2.45, 2.75) is 45.1 Å². The molecule has 2 bridgehead atoms. The smallest absolute Gasteiger partial charge is 0.156 e. The van der Waals surface area contributed by atoms with Crippen molar-refractivity contribution in [3.8, 4) is 11.1 Å². The molecule has 1 aromatic heterocycles. The number of imidazole rings is 1. The summed E-state index contributed by atoms with van der Waals surface area (Å²) in [5.41, 5.74) is 6.28. The number of aliphatic hydroxyl groups is 1. The van der Waals surface area contributed by atoms with Crippen LogP contribution in [0.2, 0.25) is 10.0 Å². The highest BCUT2D eigenvalue weighted by Crippen LogP contribution is 2.61. The first-order valence-corrected chi connectivity index (χ1v) is 14.0. The monoisotopic (exact) mass is 536 g/mol. The quantitative estimate of drug-likeness (QED) is 0.349. The van der Waals surface area contributed by atoms with Crippen LogP contribution in [-0.4, -0.2) is 39.3 Å². The van der Waals surface area contributed by atoms with Gasteiger partial charge in [0.1, 0.15) is 0 Å². The highest BCUT2D eigenvalue weighted by Gasteiger charge is 2.54. The normalized spacial score (nSPS) is 24.9. The van der Waals surface area contributed by atoms with Gasteiger partial charge in [-0.25, -0.2) is 4.98 Å². The average Bonchev–Trinajstić information content (AvgIpc) is 3.56. The second-order valence-corrected chi connectivity index (χ2v) is 12.2. The molecule has 0 atom stereocenters. The van der Waals surface area contributed by atoms with Gasteiger partial charge in [-0.2, -0.15) is 0 Å². The van der Waals surface area contributed by atoms with E-state index in [9.17, 15) is 5.11 Å². The number of rotatable bonds is 7. The number of nitrogens with one attached hydrogen (secondary N) is 1. The van der Waals surface area contributed by atoms with Crippen LogP contribution in [-0.2, 0) is 20.0 Å². The Morgan fingerprint density at radius 3 is 2.51 bits per heavy atom. The second-order valence-electron chi connectivity index (χ2n) is 11.4. The minimum Gasteiger partial charge on any atom is -0.396 e. The zero-order valence-electron chi connectivity index (χ0n) is 21.4. The Hall–Kier alpha value is -2.31. The van der Waals surface area contributed by atoms with Gasteiger partial charge >= 0.3 is 0 Å². The van der Waals surface area contributed by atoms with Crippen molar-refractivity contribution in [1.29, 1.82) is 0 Å². The largest absolute Gasteiger partial charge is 0.396 e. The second kappa shape index (κ2) is 9.46. The molecule has 0 amide bonds. The van der Waals surface area contributed by atoms with Gasteiger partial charge in [0.25, 0.3) is 0 Å². The van der Waals surface area contributed by atoms with Crippen molar-refractivity contribution in [2.75, 3.05) is 25.0 Å². The molecule has 0 unspecified atom stereocenters. The molecule has 0 radical (unpaired) electrons. The van der Waals surface area contributed by atoms with Gasteiger partial charge in [-0.1, -0.05) is 60.1 Å². The molecule has 0 saturated heterocycles. The Bertz CT molecular complexity index is 1360. The predicted octanol–water partition coefficient (Wildman–Crippen LogP) is 6.78. The van der Waals surface area contributed by atoms with Gasteiger partial charge in [-0.3, -0.25) is 4.90 Å². The number of benzene rings is 2. The fourth-order valence-corrected chi connectivity index (χ4v) is 7.60. The maximum absolute atomic E-state index is 9.93. The van der Waals surface area contributed by atoms with Crippen molar-refractivity contribution < 1.29 is 5.11 Å². The highest BCUT2D eigenvalue weighted by atomic mass is 35.5.